The van der Waals surface area contributed by atoms with Crippen LogP contribution in [0.15, 0.2) is 0 Å². The molecular formula is C6H13IN2. The highest BCUT2D eigenvalue weighted by molar-refractivity contribution is 14.1. The number of hydrogen-bond donors (Lipinski definition) is 1. The third-order valence-electron chi connectivity index (χ3n) is 1.77. The summed E-state index contributed by atoms with van der Waals surface area (Å²) in [5.74, 6) is 0. The van der Waals surface area contributed by atoms with Gasteiger partial charge in [0.15, 0.2) is 0 Å². The van der Waals surface area contributed by atoms with Crippen molar-refractivity contribution in [2.45, 2.75) is 18.9 Å². The van der Waals surface area contributed by atoms with Gasteiger partial charge in [0.2, 0.25) is 0 Å². The molecule has 3 heteroatoms. The van der Waals surface area contributed by atoms with Crippen LogP contribution in [0.3, 0.4) is 0 Å². The zero-order valence-electron chi connectivity index (χ0n) is 5.73. The lowest BCUT2D eigenvalue weighted by molar-refractivity contribution is 0.340. The fourth-order valence-electron chi connectivity index (χ4n) is 1.14. The van der Waals surface area contributed by atoms with Gasteiger partial charge in [-0.25, -0.2) is 3.11 Å². The molecule has 1 atom stereocenters. The molecule has 0 aliphatic carbocycles. The van der Waals surface area contributed by atoms with Crippen LogP contribution in [0.2, 0.25) is 0 Å². The quantitative estimate of drug-likeness (QED) is 0.543. The van der Waals surface area contributed by atoms with Gasteiger partial charge in [0.1, 0.15) is 0 Å². The Labute approximate surface area is 70.5 Å². The van der Waals surface area contributed by atoms with E-state index in [0.29, 0.717) is 0 Å². The van der Waals surface area contributed by atoms with Gasteiger partial charge in [-0.2, -0.15) is 0 Å². The van der Waals surface area contributed by atoms with E-state index in [9.17, 15) is 0 Å². The molecule has 0 spiro atoms. The molecular weight excluding hydrogens is 227 g/mol. The maximum atomic E-state index is 3.37. The van der Waals surface area contributed by atoms with E-state index >= 15 is 0 Å². The lowest BCUT2D eigenvalue weighted by Gasteiger charge is -2.26. The first-order chi connectivity index (χ1) is 4.30. The Morgan fingerprint density at radius 3 is 2.78 bits per heavy atom. The predicted molar refractivity (Wildman–Crippen MR) is 47.7 cm³/mol. The summed E-state index contributed by atoms with van der Waals surface area (Å²) in [6.45, 7) is 2.38. The molecule has 2 nitrogen and oxygen atoms in total. The number of nitrogens with zero attached hydrogens (tertiary/aromatic N) is 1. The van der Waals surface area contributed by atoms with Crippen LogP contribution < -0.4 is 5.32 Å². The minimum atomic E-state index is 0.763. The third kappa shape index (κ3) is 2.39. The summed E-state index contributed by atoms with van der Waals surface area (Å²) in [5, 5.41) is 3.37. The van der Waals surface area contributed by atoms with Crippen molar-refractivity contribution in [2.75, 3.05) is 20.1 Å². The summed E-state index contributed by atoms with van der Waals surface area (Å²) < 4.78 is 2.27. The summed E-state index contributed by atoms with van der Waals surface area (Å²) in [6.07, 6.45) is 2.68. The molecule has 0 radical (unpaired) electrons. The smallest absolute Gasteiger partial charge is 0.0316 e. The topological polar surface area (TPSA) is 15.3 Å². The van der Waals surface area contributed by atoms with Crippen molar-refractivity contribution >= 4 is 22.9 Å². The third-order valence-corrected chi connectivity index (χ3v) is 2.56. The Bertz CT molecular complexity index is 79.1. The van der Waals surface area contributed by atoms with Gasteiger partial charge in [-0.1, -0.05) is 0 Å². The first-order valence-corrected chi connectivity index (χ1v) is 4.36. The Hall–Kier alpha value is 0.650. The number of rotatable bonds is 1. The Morgan fingerprint density at radius 1 is 1.67 bits per heavy atom. The van der Waals surface area contributed by atoms with Crippen LogP contribution in [0.25, 0.3) is 0 Å². The highest BCUT2D eigenvalue weighted by atomic mass is 127. The van der Waals surface area contributed by atoms with Gasteiger partial charge in [0, 0.05) is 35.5 Å². The molecule has 9 heavy (non-hydrogen) atoms. The SMILES string of the molecule is CN(I)C1CCCNC1. The molecule has 0 amide bonds. The molecule has 1 unspecified atom stereocenters. The molecule has 0 bridgehead atoms. The summed E-state index contributed by atoms with van der Waals surface area (Å²) in [4.78, 5) is 0. The second-order valence-electron chi connectivity index (χ2n) is 2.52. The summed E-state index contributed by atoms with van der Waals surface area (Å²) >= 11 is 2.36. The van der Waals surface area contributed by atoms with E-state index in [1.807, 2.05) is 0 Å². The van der Waals surface area contributed by atoms with E-state index in [2.05, 4.69) is 38.3 Å². The van der Waals surface area contributed by atoms with Crippen LogP contribution >= 0.6 is 22.9 Å². The fourth-order valence-corrected chi connectivity index (χ4v) is 1.61. The standard InChI is InChI=1S/C6H13IN2/c1-9(7)6-3-2-4-8-5-6/h6,8H,2-5H2,1H3. The molecule has 1 rings (SSSR count). The van der Waals surface area contributed by atoms with E-state index < -0.39 is 0 Å². The number of hydrogen-bond acceptors (Lipinski definition) is 2. The molecule has 0 aromatic rings. The minimum absolute atomic E-state index is 0.763. The second kappa shape index (κ2) is 3.73. The molecule has 1 aliphatic rings. The van der Waals surface area contributed by atoms with E-state index in [-0.39, 0.29) is 0 Å². The van der Waals surface area contributed by atoms with Crippen LogP contribution in [0.1, 0.15) is 12.8 Å². The highest BCUT2D eigenvalue weighted by Gasteiger charge is 2.14. The molecule has 0 aromatic heterocycles. The average molecular weight is 240 g/mol. The van der Waals surface area contributed by atoms with Crippen molar-refractivity contribution in [3.63, 3.8) is 0 Å². The van der Waals surface area contributed by atoms with Crippen LogP contribution in [0, 0.1) is 0 Å². The lowest BCUT2D eigenvalue weighted by Crippen LogP contribution is -2.39. The van der Waals surface area contributed by atoms with Crippen molar-refractivity contribution in [1.29, 1.82) is 0 Å². The average Bonchev–Trinajstić information content (AvgIpc) is 1.90. The van der Waals surface area contributed by atoms with Crippen LogP contribution in [-0.4, -0.2) is 29.3 Å². The Morgan fingerprint density at radius 2 is 2.44 bits per heavy atom. The predicted octanol–water partition coefficient (Wildman–Crippen LogP) is 1.02. The maximum absolute atomic E-state index is 3.37. The number of piperidine rings is 1. The van der Waals surface area contributed by atoms with Crippen LogP contribution in [0.5, 0.6) is 0 Å². The van der Waals surface area contributed by atoms with Crippen molar-refractivity contribution in [2.24, 2.45) is 0 Å². The highest BCUT2D eigenvalue weighted by Crippen LogP contribution is 2.11. The first kappa shape index (κ1) is 7.75. The van der Waals surface area contributed by atoms with E-state index in [1.165, 1.54) is 25.9 Å². The Kier molecular flexibility index (Phi) is 3.21. The van der Waals surface area contributed by atoms with Gasteiger partial charge in [-0.05, 0) is 26.4 Å². The number of likely N-dealkylation sites (N-methyl/N-ethyl adjacent to an activating group) is 1. The lowest BCUT2D eigenvalue weighted by atomic mass is 10.1. The molecule has 1 heterocycles. The zero-order chi connectivity index (χ0) is 6.69. The molecule has 0 saturated carbocycles. The van der Waals surface area contributed by atoms with Gasteiger partial charge in [0.25, 0.3) is 0 Å². The van der Waals surface area contributed by atoms with Gasteiger partial charge < -0.3 is 5.32 Å². The van der Waals surface area contributed by atoms with Crippen molar-refractivity contribution in [3.05, 3.63) is 0 Å². The molecule has 54 valence electrons. The van der Waals surface area contributed by atoms with Gasteiger partial charge in [-0.15, -0.1) is 0 Å². The van der Waals surface area contributed by atoms with Gasteiger partial charge in [0.05, 0.1) is 0 Å². The number of nitrogens with one attached hydrogen (secondary N) is 1. The normalized spacial score (nSPS) is 29.0. The van der Waals surface area contributed by atoms with Crippen molar-refractivity contribution in [1.82, 2.24) is 8.43 Å². The zero-order valence-corrected chi connectivity index (χ0v) is 7.89. The molecule has 1 saturated heterocycles. The van der Waals surface area contributed by atoms with Gasteiger partial charge >= 0.3 is 0 Å². The molecule has 0 aromatic carbocycles. The van der Waals surface area contributed by atoms with Crippen LogP contribution in [0.4, 0.5) is 0 Å². The van der Waals surface area contributed by atoms with Crippen molar-refractivity contribution in [3.8, 4) is 0 Å². The van der Waals surface area contributed by atoms with E-state index in [1.54, 1.807) is 0 Å². The summed E-state index contributed by atoms with van der Waals surface area (Å²) in [5.41, 5.74) is 0. The van der Waals surface area contributed by atoms with E-state index in [0.717, 1.165) is 6.04 Å². The van der Waals surface area contributed by atoms with Crippen molar-refractivity contribution < 1.29 is 0 Å². The Balaban J connectivity index is 2.23. The number of halogens is 1. The fraction of sp³-hybridized carbons (Fsp3) is 1.00. The molecule has 1 fully saturated rings. The van der Waals surface area contributed by atoms with Crippen LogP contribution in [-0.2, 0) is 0 Å². The maximum Gasteiger partial charge on any atom is 0.0316 e. The summed E-state index contributed by atoms with van der Waals surface area (Å²) in [6, 6.07) is 0.763. The second-order valence-corrected chi connectivity index (χ2v) is 4.05. The largest absolute Gasteiger partial charge is 0.315 e. The van der Waals surface area contributed by atoms with E-state index in [4.69, 9.17) is 0 Å². The van der Waals surface area contributed by atoms with Gasteiger partial charge in [-0.3, -0.25) is 0 Å². The molecule has 1 aliphatic heterocycles. The minimum Gasteiger partial charge on any atom is -0.315 e. The molecule has 1 N–H and O–H groups in total. The first-order valence-electron chi connectivity index (χ1n) is 3.40. The summed E-state index contributed by atoms with van der Waals surface area (Å²) in [7, 11) is 2.14. The monoisotopic (exact) mass is 240 g/mol.